The Balaban J connectivity index is 1.97. The number of aliphatic hydroxyl groups excluding tert-OH is 1. The van der Waals surface area contributed by atoms with Gasteiger partial charge in [-0.3, -0.25) is 0 Å². The molecule has 1 aliphatic heterocycles. The van der Waals surface area contributed by atoms with Crippen LogP contribution in [0.1, 0.15) is 29.8 Å². The fourth-order valence-electron chi connectivity index (χ4n) is 2.37. The summed E-state index contributed by atoms with van der Waals surface area (Å²) in [6, 6.07) is 9.87. The minimum atomic E-state index is -0.717. The number of ether oxygens (including phenoxy) is 1. The largest absolute Gasteiger partial charge is 0.485 e. The van der Waals surface area contributed by atoms with E-state index in [9.17, 15) is 9.50 Å². The summed E-state index contributed by atoms with van der Waals surface area (Å²) in [5, 5.41) is 10.7. The predicted octanol–water partition coefficient (Wildman–Crippen LogP) is 4.80. The number of halogens is 3. The molecule has 20 heavy (non-hydrogen) atoms. The van der Waals surface area contributed by atoms with E-state index in [2.05, 4.69) is 15.9 Å². The summed E-state index contributed by atoms with van der Waals surface area (Å²) in [6.07, 6.45) is -0.927. The monoisotopic (exact) mass is 356 g/mol. The van der Waals surface area contributed by atoms with Gasteiger partial charge in [-0.1, -0.05) is 33.6 Å². The Morgan fingerprint density at radius 3 is 2.75 bits per heavy atom. The van der Waals surface area contributed by atoms with Crippen LogP contribution >= 0.6 is 27.5 Å². The molecule has 1 heterocycles. The molecule has 104 valence electrons. The smallest absolute Gasteiger partial charge is 0.131 e. The first-order chi connectivity index (χ1) is 9.54. The quantitative estimate of drug-likeness (QED) is 0.794. The summed E-state index contributed by atoms with van der Waals surface area (Å²) in [4.78, 5) is 0. The molecule has 0 fully saturated rings. The van der Waals surface area contributed by atoms with Gasteiger partial charge in [-0.05, 0) is 30.3 Å². The van der Waals surface area contributed by atoms with Gasteiger partial charge < -0.3 is 9.84 Å². The molecule has 2 aromatic carbocycles. The molecular weight excluding hydrogens is 347 g/mol. The van der Waals surface area contributed by atoms with E-state index in [0.717, 1.165) is 0 Å². The van der Waals surface area contributed by atoms with Crippen LogP contribution in [-0.2, 0) is 0 Å². The maximum absolute atomic E-state index is 14.0. The van der Waals surface area contributed by atoms with E-state index in [1.54, 1.807) is 30.3 Å². The molecule has 3 rings (SSSR count). The van der Waals surface area contributed by atoms with Crippen LogP contribution in [0.4, 0.5) is 4.39 Å². The first-order valence-corrected chi connectivity index (χ1v) is 7.31. The summed E-state index contributed by atoms with van der Waals surface area (Å²) >= 11 is 9.13. The lowest BCUT2D eigenvalue weighted by Gasteiger charge is -2.30. The van der Waals surface area contributed by atoms with E-state index in [1.165, 1.54) is 6.07 Å². The van der Waals surface area contributed by atoms with Crippen molar-refractivity contribution < 1.29 is 14.2 Å². The van der Waals surface area contributed by atoms with Gasteiger partial charge in [0, 0.05) is 27.0 Å². The van der Waals surface area contributed by atoms with Crippen molar-refractivity contribution in [2.45, 2.75) is 18.6 Å². The van der Waals surface area contributed by atoms with Crippen molar-refractivity contribution in [3.05, 3.63) is 62.8 Å². The van der Waals surface area contributed by atoms with Crippen LogP contribution in [0.2, 0.25) is 5.02 Å². The second-order valence-corrected chi connectivity index (χ2v) is 6.06. The SMILES string of the molecule is OC1CC(c2ccc(Br)cc2F)Oc2ccc(Cl)cc21. The Kier molecular flexibility index (Phi) is 3.71. The topological polar surface area (TPSA) is 29.5 Å². The minimum absolute atomic E-state index is 0.298. The third kappa shape index (κ3) is 2.55. The molecule has 2 aromatic rings. The fourth-order valence-corrected chi connectivity index (χ4v) is 2.88. The van der Waals surface area contributed by atoms with Gasteiger partial charge in [0.1, 0.15) is 17.7 Å². The lowest BCUT2D eigenvalue weighted by Crippen LogP contribution is -2.20. The van der Waals surface area contributed by atoms with Gasteiger partial charge in [0.05, 0.1) is 6.10 Å². The van der Waals surface area contributed by atoms with Crippen molar-refractivity contribution in [2.24, 2.45) is 0 Å². The van der Waals surface area contributed by atoms with Gasteiger partial charge in [-0.25, -0.2) is 4.39 Å². The highest BCUT2D eigenvalue weighted by atomic mass is 79.9. The van der Waals surface area contributed by atoms with E-state index in [1.807, 2.05) is 0 Å². The molecular formula is C15H11BrClFO2. The van der Waals surface area contributed by atoms with Gasteiger partial charge in [-0.2, -0.15) is 0 Å². The van der Waals surface area contributed by atoms with E-state index in [0.29, 0.717) is 32.8 Å². The zero-order valence-electron chi connectivity index (χ0n) is 10.3. The van der Waals surface area contributed by atoms with Crippen LogP contribution in [0.15, 0.2) is 40.9 Å². The third-order valence-corrected chi connectivity index (χ3v) is 4.08. The number of benzene rings is 2. The molecule has 1 N–H and O–H groups in total. The van der Waals surface area contributed by atoms with Gasteiger partial charge in [0.25, 0.3) is 0 Å². The van der Waals surface area contributed by atoms with Gasteiger partial charge >= 0.3 is 0 Å². The molecule has 2 unspecified atom stereocenters. The van der Waals surface area contributed by atoms with Crippen molar-refractivity contribution in [3.63, 3.8) is 0 Å². The van der Waals surface area contributed by atoms with E-state index in [-0.39, 0.29) is 5.82 Å². The maximum Gasteiger partial charge on any atom is 0.131 e. The Hall–Kier alpha value is -1.10. The van der Waals surface area contributed by atoms with E-state index in [4.69, 9.17) is 16.3 Å². The molecule has 0 amide bonds. The zero-order chi connectivity index (χ0) is 14.3. The molecule has 0 bridgehead atoms. The standard InChI is InChI=1S/C15H11BrClFO2/c16-8-1-3-10(12(18)5-8)15-7-13(19)11-6-9(17)2-4-14(11)20-15/h1-6,13,15,19H,7H2. The van der Waals surface area contributed by atoms with Crippen LogP contribution in [0.3, 0.4) is 0 Å². The number of aliphatic hydroxyl groups is 1. The molecule has 0 radical (unpaired) electrons. The van der Waals surface area contributed by atoms with Crippen molar-refractivity contribution in [1.29, 1.82) is 0 Å². The number of hydrogen-bond acceptors (Lipinski definition) is 2. The Bertz CT molecular complexity index is 662. The highest BCUT2D eigenvalue weighted by Crippen LogP contribution is 2.42. The summed E-state index contributed by atoms with van der Waals surface area (Å²) in [7, 11) is 0. The Morgan fingerprint density at radius 2 is 2.00 bits per heavy atom. The Labute approximate surface area is 129 Å². The van der Waals surface area contributed by atoms with E-state index >= 15 is 0 Å². The van der Waals surface area contributed by atoms with Crippen molar-refractivity contribution in [1.82, 2.24) is 0 Å². The molecule has 2 atom stereocenters. The van der Waals surface area contributed by atoms with Crippen LogP contribution in [0, 0.1) is 5.82 Å². The van der Waals surface area contributed by atoms with Crippen molar-refractivity contribution in [2.75, 3.05) is 0 Å². The van der Waals surface area contributed by atoms with Crippen LogP contribution in [-0.4, -0.2) is 5.11 Å². The molecule has 0 saturated heterocycles. The molecule has 0 spiro atoms. The van der Waals surface area contributed by atoms with Gasteiger partial charge in [0.15, 0.2) is 0 Å². The summed E-state index contributed by atoms with van der Waals surface area (Å²) in [5.41, 5.74) is 1.08. The summed E-state index contributed by atoms with van der Waals surface area (Å²) in [6.45, 7) is 0. The van der Waals surface area contributed by atoms with Crippen LogP contribution in [0.5, 0.6) is 5.75 Å². The number of hydrogen-bond donors (Lipinski definition) is 1. The Morgan fingerprint density at radius 1 is 1.20 bits per heavy atom. The molecule has 0 aromatic heterocycles. The van der Waals surface area contributed by atoms with Crippen molar-refractivity contribution in [3.8, 4) is 5.75 Å². The molecule has 5 heteroatoms. The lowest BCUT2D eigenvalue weighted by atomic mass is 9.95. The van der Waals surface area contributed by atoms with E-state index < -0.39 is 12.2 Å². The maximum atomic E-state index is 14.0. The second-order valence-electron chi connectivity index (χ2n) is 4.71. The molecule has 1 aliphatic rings. The number of rotatable bonds is 1. The predicted molar refractivity (Wildman–Crippen MR) is 78.5 cm³/mol. The summed E-state index contributed by atoms with van der Waals surface area (Å²) in [5.74, 6) is 0.189. The number of fused-ring (bicyclic) bond motifs is 1. The average Bonchev–Trinajstić information content (AvgIpc) is 2.39. The third-order valence-electron chi connectivity index (χ3n) is 3.35. The first kappa shape index (κ1) is 13.9. The van der Waals surface area contributed by atoms with Gasteiger partial charge in [-0.15, -0.1) is 0 Å². The average molecular weight is 358 g/mol. The highest BCUT2D eigenvalue weighted by molar-refractivity contribution is 9.10. The molecule has 0 aliphatic carbocycles. The van der Waals surface area contributed by atoms with Crippen LogP contribution in [0.25, 0.3) is 0 Å². The van der Waals surface area contributed by atoms with Crippen LogP contribution < -0.4 is 4.74 Å². The molecule has 0 saturated carbocycles. The minimum Gasteiger partial charge on any atom is -0.485 e. The summed E-state index contributed by atoms with van der Waals surface area (Å²) < 4.78 is 20.4. The fraction of sp³-hybridized carbons (Fsp3) is 0.200. The zero-order valence-corrected chi connectivity index (χ0v) is 12.7. The highest BCUT2D eigenvalue weighted by Gasteiger charge is 2.29. The second kappa shape index (κ2) is 5.35. The van der Waals surface area contributed by atoms with Gasteiger partial charge in [0.2, 0.25) is 0 Å². The van der Waals surface area contributed by atoms with Crippen molar-refractivity contribution >= 4 is 27.5 Å². The lowest BCUT2D eigenvalue weighted by molar-refractivity contribution is 0.0640. The first-order valence-electron chi connectivity index (χ1n) is 6.13. The molecule has 2 nitrogen and oxygen atoms in total. The normalized spacial score (nSPS) is 21.2.